The SMILES string of the molecule is NNC(=O)c1nccnc1NN. The van der Waals surface area contributed by atoms with Gasteiger partial charge in [0.1, 0.15) is 0 Å². The van der Waals surface area contributed by atoms with Crippen molar-refractivity contribution in [1.29, 1.82) is 0 Å². The molecule has 0 aliphatic carbocycles. The minimum atomic E-state index is -0.545. The second kappa shape index (κ2) is 3.60. The zero-order valence-electron chi connectivity index (χ0n) is 6.11. The van der Waals surface area contributed by atoms with Gasteiger partial charge in [0.05, 0.1) is 0 Å². The highest BCUT2D eigenvalue weighted by Crippen LogP contribution is 2.04. The van der Waals surface area contributed by atoms with E-state index in [1.165, 1.54) is 12.4 Å². The summed E-state index contributed by atoms with van der Waals surface area (Å²) in [4.78, 5) is 18.4. The Morgan fingerprint density at radius 1 is 1.33 bits per heavy atom. The molecule has 0 saturated heterocycles. The highest BCUT2D eigenvalue weighted by molar-refractivity contribution is 5.96. The summed E-state index contributed by atoms with van der Waals surface area (Å²) in [7, 11) is 0. The molecule has 0 aliphatic rings. The van der Waals surface area contributed by atoms with Crippen molar-refractivity contribution in [1.82, 2.24) is 15.4 Å². The maximum atomic E-state index is 11.0. The Kier molecular flexibility index (Phi) is 2.51. The summed E-state index contributed by atoms with van der Waals surface area (Å²) in [5.41, 5.74) is 4.20. The molecule has 0 radical (unpaired) electrons. The highest BCUT2D eigenvalue weighted by atomic mass is 16.2. The maximum absolute atomic E-state index is 11.0. The molecule has 0 aromatic carbocycles. The van der Waals surface area contributed by atoms with Crippen LogP contribution in [0.3, 0.4) is 0 Å². The zero-order chi connectivity index (χ0) is 8.97. The van der Waals surface area contributed by atoms with Crippen molar-refractivity contribution in [2.75, 3.05) is 5.43 Å². The van der Waals surface area contributed by atoms with E-state index < -0.39 is 5.91 Å². The first-order valence-corrected chi connectivity index (χ1v) is 3.08. The molecule has 1 aromatic rings. The molecule has 1 rings (SSSR count). The van der Waals surface area contributed by atoms with E-state index in [9.17, 15) is 4.79 Å². The normalized spacial score (nSPS) is 9.17. The summed E-state index contributed by atoms with van der Waals surface area (Å²) in [6.45, 7) is 0. The van der Waals surface area contributed by atoms with Gasteiger partial charge in [-0.2, -0.15) is 0 Å². The Balaban J connectivity index is 3.04. The molecule has 6 N–H and O–H groups in total. The van der Waals surface area contributed by atoms with Crippen LogP contribution in [0.25, 0.3) is 0 Å². The molecule has 64 valence electrons. The second-order valence-corrected chi connectivity index (χ2v) is 1.87. The first kappa shape index (κ1) is 8.37. The van der Waals surface area contributed by atoms with Crippen LogP contribution in [0.4, 0.5) is 5.82 Å². The van der Waals surface area contributed by atoms with Gasteiger partial charge in [-0.3, -0.25) is 10.2 Å². The van der Waals surface area contributed by atoms with Crippen molar-refractivity contribution in [2.45, 2.75) is 0 Å². The van der Waals surface area contributed by atoms with Gasteiger partial charge in [-0.1, -0.05) is 0 Å². The number of carbonyl (C=O) groups is 1. The summed E-state index contributed by atoms with van der Waals surface area (Å²) in [5.74, 6) is 9.60. The Morgan fingerprint density at radius 3 is 2.58 bits per heavy atom. The molecule has 1 heterocycles. The quantitative estimate of drug-likeness (QED) is 0.239. The second-order valence-electron chi connectivity index (χ2n) is 1.87. The molecule has 0 fully saturated rings. The molecule has 1 aromatic heterocycles. The fourth-order valence-electron chi connectivity index (χ4n) is 0.678. The lowest BCUT2D eigenvalue weighted by molar-refractivity contribution is 0.0949. The number of amides is 1. The summed E-state index contributed by atoms with van der Waals surface area (Å²) >= 11 is 0. The van der Waals surface area contributed by atoms with Crippen LogP contribution in [0.5, 0.6) is 0 Å². The van der Waals surface area contributed by atoms with Crippen LogP contribution in [-0.2, 0) is 0 Å². The molecule has 1 amide bonds. The number of hydrogen-bond donors (Lipinski definition) is 4. The number of carbonyl (C=O) groups excluding carboxylic acids is 1. The lowest BCUT2D eigenvalue weighted by Gasteiger charge is -2.03. The van der Waals surface area contributed by atoms with E-state index >= 15 is 0 Å². The summed E-state index contributed by atoms with van der Waals surface area (Å²) in [6.07, 6.45) is 2.77. The maximum Gasteiger partial charge on any atom is 0.287 e. The molecule has 0 saturated carbocycles. The van der Waals surface area contributed by atoms with Crippen LogP contribution in [0, 0.1) is 0 Å². The number of nitrogens with two attached hydrogens (primary N) is 2. The number of anilines is 1. The third kappa shape index (κ3) is 1.47. The summed E-state index contributed by atoms with van der Waals surface area (Å²) in [6, 6.07) is 0. The molecule has 0 unspecified atom stereocenters. The van der Waals surface area contributed by atoms with Crippen LogP contribution < -0.4 is 22.5 Å². The predicted octanol–water partition coefficient (Wildman–Crippen LogP) is -1.63. The number of hydrazine groups is 2. The van der Waals surface area contributed by atoms with Crippen LogP contribution >= 0.6 is 0 Å². The first-order chi connectivity index (χ1) is 5.79. The first-order valence-electron chi connectivity index (χ1n) is 3.08. The molecule has 0 bridgehead atoms. The smallest absolute Gasteiger partial charge is 0.287 e. The molecule has 12 heavy (non-hydrogen) atoms. The van der Waals surface area contributed by atoms with E-state index in [1.54, 1.807) is 0 Å². The molecule has 0 atom stereocenters. The van der Waals surface area contributed by atoms with E-state index in [4.69, 9.17) is 11.7 Å². The van der Waals surface area contributed by atoms with Gasteiger partial charge in [0.25, 0.3) is 5.91 Å². The van der Waals surface area contributed by atoms with Gasteiger partial charge in [-0.25, -0.2) is 21.7 Å². The van der Waals surface area contributed by atoms with E-state index in [0.29, 0.717) is 0 Å². The van der Waals surface area contributed by atoms with E-state index in [1.807, 2.05) is 5.43 Å². The zero-order valence-corrected chi connectivity index (χ0v) is 6.11. The van der Waals surface area contributed by atoms with E-state index in [2.05, 4.69) is 15.4 Å². The van der Waals surface area contributed by atoms with Gasteiger partial charge in [0.2, 0.25) is 0 Å². The number of aromatic nitrogens is 2. The standard InChI is InChI=1S/C5H8N6O/c6-10-4-3(5(12)11-7)8-1-2-9-4/h1-2H,6-7H2,(H,9,10)(H,11,12). The summed E-state index contributed by atoms with van der Waals surface area (Å²) < 4.78 is 0. The molecular formula is C5H8N6O. The van der Waals surface area contributed by atoms with Crippen molar-refractivity contribution in [2.24, 2.45) is 11.7 Å². The number of nitrogen functional groups attached to an aromatic ring is 2. The van der Waals surface area contributed by atoms with Crippen molar-refractivity contribution in [3.63, 3.8) is 0 Å². The van der Waals surface area contributed by atoms with Crippen LogP contribution in [0.1, 0.15) is 10.5 Å². The molecule has 0 aliphatic heterocycles. The van der Waals surface area contributed by atoms with Gasteiger partial charge in [0.15, 0.2) is 11.5 Å². The van der Waals surface area contributed by atoms with Crippen molar-refractivity contribution in [3.05, 3.63) is 18.1 Å². The van der Waals surface area contributed by atoms with Crippen LogP contribution in [0.2, 0.25) is 0 Å². The minimum Gasteiger partial charge on any atom is -0.306 e. The lowest BCUT2D eigenvalue weighted by Crippen LogP contribution is -2.32. The van der Waals surface area contributed by atoms with Gasteiger partial charge in [-0.05, 0) is 0 Å². The average Bonchev–Trinajstić information content (AvgIpc) is 2.16. The topological polar surface area (TPSA) is 119 Å². The number of nitrogens with one attached hydrogen (secondary N) is 2. The lowest BCUT2D eigenvalue weighted by atomic mass is 10.4. The van der Waals surface area contributed by atoms with Crippen molar-refractivity contribution in [3.8, 4) is 0 Å². The molecule has 0 spiro atoms. The highest BCUT2D eigenvalue weighted by Gasteiger charge is 2.10. The van der Waals surface area contributed by atoms with Gasteiger partial charge < -0.3 is 5.43 Å². The number of rotatable bonds is 2. The Hall–Kier alpha value is -1.73. The van der Waals surface area contributed by atoms with Gasteiger partial charge in [-0.15, -0.1) is 0 Å². The molecule has 7 heteroatoms. The monoisotopic (exact) mass is 168 g/mol. The Bertz CT molecular complexity index is 287. The predicted molar refractivity (Wildman–Crippen MR) is 41.5 cm³/mol. The van der Waals surface area contributed by atoms with E-state index in [-0.39, 0.29) is 11.5 Å². The summed E-state index contributed by atoms with van der Waals surface area (Å²) in [5, 5.41) is 0. The van der Waals surface area contributed by atoms with Crippen LogP contribution in [-0.4, -0.2) is 15.9 Å². The Morgan fingerprint density at radius 2 is 2.00 bits per heavy atom. The average molecular weight is 168 g/mol. The van der Waals surface area contributed by atoms with Gasteiger partial charge in [0, 0.05) is 12.4 Å². The van der Waals surface area contributed by atoms with Crippen molar-refractivity contribution >= 4 is 11.7 Å². The fourth-order valence-corrected chi connectivity index (χ4v) is 0.678. The molecule has 7 nitrogen and oxygen atoms in total. The fraction of sp³-hybridized carbons (Fsp3) is 0. The van der Waals surface area contributed by atoms with Crippen molar-refractivity contribution < 1.29 is 4.79 Å². The largest absolute Gasteiger partial charge is 0.306 e. The number of hydrogen-bond acceptors (Lipinski definition) is 6. The number of nitrogens with zero attached hydrogens (tertiary/aromatic N) is 2. The van der Waals surface area contributed by atoms with Crippen LogP contribution in [0.15, 0.2) is 12.4 Å². The Labute approximate surface area is 68.1 Å². The van der Waals surface area contributed by atoms with Gasteiger partial charge >= 0.3 is 0 Å². The van der Waals surface area contributed by atoms with E-state index in [0.717, 1.165) is 0 Å². The third-order valence-electron chi connectivity index (χ3n) is 1.18. The molecular weight excluding hydrogens is 160 g/mol. The minimum absolute atomic E-state index is 0.0579. The third-order valence-corrected chi connectivity index (χ3v) is 1.18.